The van der Waals surface area contributed by atoms with Crippen LogP contribution in [0.3, 0.4) is 0 Å². The number of ether oxygens (including phenoxy) is 4. The van der Waals surface area contributed by atoms with E-state index in [1.807, 2.05) is 0 Å². The van der Waals surface area contributed by atoms with Crippen LogP contribution in [-0.4, -0.2) is 52.4 Å². The summed E-state index contributed by atoms with van der Waals surface area (Å²) in [6, 6.07) is 0. The van der Waals surface area contributed by atoms with Gasteiger partial charge >= 0.3 is 0 Å². The fourth-order valence-corrected chi connectivity index (χ4v) is 1.45. The lowest BCUT2D eigenvalue weighted by Gasteiger charge is -2.06. The largest absolute Gasteiger partial charge is 0.379 e. The Labute approximate surface area is 105 Å². The molecular weight excluding hydrogens is 220 g/mol. The van der Waals surface area contributed by atoms with Gasteiger partial charge in [0, 0.05) is 6.61 Å². The molecule has 0 radical (unpaired) electrons. The van der Waals surface area contributed by atoms with Crippen molar-refractivity contribution in [2.75, 3.05) is 46.2 Å². The Hall–Kier alpha value is -0.160. The van der Waals surface area contributed by atoms with Gasteiger partial charge in [-0.15, -0.1) is 0 Å². The topological polar surface area (TPSA) is 40.2 Å². The molecule has 0 saturated carbocycles. The number of unbranched alkanes of at least 4 members (excludes halogenated alkanes) is 3. The number of hydrogen-bond donors (Lipinski definition) is 0. The van der Waals surface area contributed by atoms with E-state index < -0.39 is 0 Å². The third-order valence-electron chi connectivity index (χ3n) is 2.59. The van der Waals surface area contributed by atoms with Crippen LogP contribution in [0.2, 0.25) is 0 Å². The molecular formula is C13H26O4. The first kappa shape index (κ1) is 14.9. The second kappa shape index (κ2) is 11.0. The van der Waals surface area contributed by atoms with Gasteiger partial charge in [0.25, 0.3) is 0 Å². The standard InChI is InChI=1S/C13H26O4/c1-2-3-4-5-6-14-7-8-15-9-10-16-11-13-12-17-13/h13H,2-12H2,1H3/t13-/m1/s1. The van der Waals surface area contributed by atoms with E-state index in [-0.39, 0.29) is 0 Å². The fourth-order valence-electron chi connectivity index (χ4n) is 1.45. The smallest absolute Gasteiger partial charge is 0.104 e. The van der Waals surface area contributed by atoms with Crippen LogP contribution in [0.4, 0.5) is 0 Å². The van der Waals surface area contributed by atoms with Gasteiger partial charge in [-0.05, 0) is 6.42 Å². The highest BCUT2D eigenvalue weighted by Crippen LogP contribution is 2.07. The average Bonchev–Trinajstić information content (AvgIpc) is 3.15. The van der Waals surface area contributed by atoms with E-state index in [9.17, 15) is 0 Å². The summed E-state index contributed by atoms with van der Waals surface area (Å²) in [6.45, 7) is 7.28. The van der Waals surface area contributed by atoms with Crippen molar-refractivity contribution in [1.29, 1.82) is 0 Å². The predicted octanol–water partition coefficient (Wildman–Crippen LogP) is 2.02. The maximum atomic E-state index is 5.45. The van der Waals surface area contributed by atoms with E-state index in [1.54, 1.807) is 0 Å². The van der Waals surface area contributed by atoms with Gasteiger partial charge in [-0.1, -0.05) is 26.2 Å². The quantitative estimate of drug-likeness (QED) is 0.368. The summed E-state index contributed by atoms with van der Waals surface area (Å²) in [5.41, 5.74) is 0. The minimum Gasteiger partial charge on any atom is -0.379 e. The molecule has 1 saturated heterocycles. The van der Waals surface area contributed by atoms with Gasteiger partial charge in [-0.2, -0.15) is 0 Å². The summed E-state index contributed by atoms with van der Waals surface area (Å²) in [4.78, 5) is 0. The molecule has 0 bridgehead atoms. The Bertz CT molecular complexity index is 159. The van der Waals surface area contributed by atoms with Gasteiger partial charge in [-0.25, -0.2) is 0 Å². The van der Waals surface area contributed by atoms with Crippen molar-refractivity contribution in [1.82, 2.24) is 0 Å². The Morgan fingerprint density at radius 2 is 1.53 bits per heavy atom. The van der Waals surface area contributed by atoms with Crippen LogP contribution in [0, 0.1) is 0 Å². The van der Waals surface area contributed by atoms with E-state index in [0.29, 0.717) is 39.1 Å². The summed E-state index contributed by atoms with van der Waals surface area (Å²) in [7, 11) is 0. The maximum Gasteiger partial charge on any atom is 0.104 e. The number of epoxide rings is 1. The van der Waals surface area contributed by atoms with Crippen molar-refractivity contribution in [3.05, 3.63) is 0 Å². The zero-order valence-electron chi connectivity index (χ0n) is 11.0. The highest BCUT2D eigenvalue weighted by Gasteiger charge is 2.21. The molecule has 1 aliphatic heterocycles. The molecule has 0 aliphatic carbocycles. The van der Waals surface area contributed by atoms with Crippen LogP contribution in [0.5, 0.6) is 0 Å². The van der Waals surface area contributed by atoms with E-state index in [0.717, 1.165) is 13.2 Å². The summed E-state index contributed by atoms with van der Waals surface area (Å²) in [6.07, 6.45) is 5.37. The lowest BCUT2D eigenvalue weighted by molar-refractivity contribution is 0.0112. The number of hydrogen-bond acceptors (Lipinski definition) is 4. The van der Waals surface area contributed by atoms with Gasteiger partial charge in [0.1, 0.15) is 6.10 Å². The molecule has 1 fully saturated rings. The molecule has 0 aromatic rings. The first-order chi connectivity index (χ1) is 8.43. The third-order valence-corrected chi connectivity index (χ3v) is 2.59. The molecule has 0 aromatic carbocycles. The van der Waals surface area contributed by atoms with E-state index in [4.69, 9.17) is 18.9 Å². The molecule has 0 spiro atoms. The Morgan fingerprint density at radius 3 is 2.18 bits per heavy atom. The fraction of sp³-hybridized carbons (Fsp3) is 1.00. The molecule has 4 nitrogen and oxygen atoms in total. The monoisotopic (exact) mass is 246 g/mol. The Morgan fingerprint density at radius 1 is 0.882 bits per heavy atom. The van der Waals surface area contributed by atoms with E-state index in [1.165, 1.54) is 25.7 Å². The molecule has 0 N–H and O–H groups in total. The molecule has 4 heteroatoms. The molecule has 0 amide bonds. The van der Waals surface area contributed by atoms with E-state index in [2.05, 4.69) is 6.92 Å². The molecule has 0 unspecified atom stereocenters. The zero-order chi connectivity index (χ0) is 12.2. The zero-order valence-corrected chi connectivity index (χ0v) is 11.0. The molecule has 1 atom stereocenters. The van der Waals surface area contributed by atoms with Crippen molar-refractivity contribution in [2.45, 2.75) is 38.7 Å². The SMILES string of the molecule is CCCCCCOCCOCCOC[C@@H]1CO1. The highest BCUT2D eigenvalue weighted by molar-refractivity contribution is 4.66. The first-order valence-corrected chi connectivity index (χ1v) is 6.78. The van der Waals surface area contributed by atoms with Gasteiger partial charge in [0.15, 0.2) is 0 Å². The summed E-state index contributed by atoms with van der Waals surface area (Å²) >= 11 is 0. The lowest BCUT2D eigenvalue weighted by Crippen LogP contribution is -2.11. The van der Waals surface area contributed by atoms with E-state index >= 15 is 0 Å². The van der Waals surface area contributed by atoms with Crippen LogP contribution in [0.25, 0.3) is 0 Å². The Balaban J connectivity index is 1.61. The van der Waals surface area contributed by atoms with Crippen molar-refractivity contribution < 1.29 is 18.9 Å². The van der Waals surface area contributed by atoms with Crippen molar-refractivity contribution in [2.24, 2.45) is 0 Å². The molecule has 1 aliphatic rings. The minimum atomic E-state index is 0.349. The molecule has 17 heavy (non-hydrogen) atoms. The van der Waals surface area contributed by atoms with Crippen LogP contribution in [0.1, 0.15) is 32.6 Å². The highest BCUT2D eigenvalue weighted by atomic mass is 16.6. The van der Waals surface area contributed by atoms with Crippen molar-refractivity contribution in [3.63, 3.8) is 0 Å². The van der Waals surface area contributed by atoms with Crippen LogP contribution in [0.15, 0.2) is 0 Å². The van der Waals surface area contributed by atoms with Crippen molar-refractivity contribution >= 4 is 0 Å². The number of rotatable bonds is 13. The molecule has 1 heterocycles. The second-order valence-electron chi connectivity index (χ2n) is 4.32. The van der Waals surface area contributed by atoms with Gasteiger partial charge in [0.2, 0.25) is 0 Å². The summed E-state index contributed by atoms with van der Waals surface area (Å²) in [5, 5.41) is 0. The molecule has 1 rings (SSSR count). The molecule has 102 valence electrons. The maximum absolute atomic E-state index is 5.45. The summed E-state index contributed by atoms with van der Waals surface area (Å²) < 4.78 is 21.2. The summed E-state index contributed by atoms with van der Waals surface area (Å²) in [5.74, 6) is 0. The van der Waals surface area contributed by atoms with Crippen molar-refractivity contribution in [3.8, 4) is 0 Å². The van der Waals surface area contributed by atoms with Crippen LogP contribution in [-0.2, 0) is 18.9 Å². The molecule has 0 aromatic heterocycles. The average molecular weight is 246 g/mol. The van der Waals surface area contributed by atoms with Gasteiger partial charge in [-0.3, -0.25) is 0 Å². The lowest BCUT2D eigenvalue weighted by atomic mass is 10.2. The second-order valence-corrected chi connectivity index (χ2v) is 4.32. The third kappa shape index (κ3) is 10.7. The normalized spacial score (nSPS) is 18.5. The van der Waals surface area contributed by atoms with Crippen LogP contribution < -0.4 is 0 Å². The predicted molar refractivity (Wildman–Crippen MR) is 66.3 cm³/mol. The Kier molecular flexibility index (Phi) is 9.61. The first-order valence-electron chi connectivity index (χ1n) is 6.78. The van der Waals surface area contributed by atoms with Gasteiger partial charge in [0.05, 0.1) is 39.6 Å². The van der Waals surface area contributed by atoms with Crippen LogP contribution >= 0.6 is 0 Å². The van der Waals surface area contributed by atoms with Gasteiger partial charge < -0.3 is 18.9 Å². The minimum absolute atomic E-state index is 0.349.